The number of rotatable bonds is 4. The van der Waals surface area contributed by atoms with Crippen LogP contribution in [0.15, 0.2) is 18.3 Å². The number of carbonyl (C=O) groups is 1. The Hall–Kier alpha value is -1.53. The number of carbonyl (C=O) groups excluding carboxylic acids is 1. The first-order chi connectivity index (χ1) is 10.5. The van der Waals surface area contributed by atoms with Crippen molar-refractivity contribution < 1.29 is 14.3 Å². The summed E-state index contributed by atoms with van der Waals surface area (Å²) >= 11 is 0. The van der Waals surface area contributed by atoms with Crippen molar-refractivity contribution in [1.82, 2.24) is 15.2 Å². The summed E-state index contributed by atoms with van der Waals surface area (Å²) in [7, 11) is 0. The van der Waals surface area contributed by atoms with Gasteiger partial charge in [-0.15, -0.1) is 0 Å². The molecule has 22 heavy (non-hydrogen) atoms. The van der Waals surface area contributed by atoms with Crippen LogP contribution in [0.1, 0.15) is 32.4 Å². The highest BCUT2D eigenvalue weighted by atomic mass is 19.1. The van der Waals surface area contributed by atoms with Gasteiger partial charge >= 0.3 is 0 Å². The second kappa shape index (κ2) is 7.65. The number of hydrogen-bond donors (Lipinski definition) is 2. The molecule has 1 aromatic rings. The van der Waals surface area contributed by atoms with Gasteiger partial charge in [0.15, 0.2) is 0 Å². The Morgan fingerprint density at radius 1 is 1.50 bits per heavy atom. The Kier molecular flexibility index (Phi) is 5.85. The number of halogens is 1. The van der Waals surface area contributed by atoms with Crippen molar-refractivity contribution in [2.75, 3.05) is 13.1 Å². The molecule has 2 rings (SSSR count). The highest BCUT2D eigenvalue weighted by molar-refractivity contribution is 5.78. The topological polar surface area (TPSA) is 65.5 Å². The highest BCUT2D eigenvalue weighted by Gasteiger charge is 2.27. The fourth-order valence-corrected chi connectivity index (χ4v) is 2.56. The molecule has 1 aliphatic heterocycles. The van der Waals surface area contributed by atoms with E-state index in [9.17, 15) is 14.3 Å². The lowest BCUT2D eigenvalue weighted by atomic mass is 10.1. The van der Waals surface area contributed by atoms with Crippen LogP contribution in [0.25, 0.3) is 0 Å². The van der Waals surface area contributed by atoms with Crippen LogP contribution < -0.4 is 5.32 Å². The molecule has 1 saturated heterocycles. The van der Waals surface area contributed by atoms with Crippen molar-refractivity contribution in [3.63, 3.8) is 0 Å². The minimum absolute atomic E-state index is 0.0479. The molecule has 2 N–H and O–H groups in total. The molecule has 0 spiro atoms. The van der Waals surface area contributed by atoms with Gasteiger partial charge in [-0.3, -0.25) is 14.7 Å². The summed E-state index contributed by atoms with van der Waals surface area (Å²) in [6.07, 6.45) is 2.21. The number of nitrogens with one attached hydrogen (secondary N) is 1. The molecule has 1 aliphatic rings. The first-order valence-electron chi connectivity index (χ1n) is 7.77. The van der Waals surface area contributed by atoms with Crippen LogP contribution in [0.5, 0.6) is 0 Å². The van der Waals surface area contributed by atoms with Crippen molar-refractivity contribution in [1.29, 1.82) is 0 Å². The second-order valence-corrected chi connectivity index (χ2v) is 6.12. The van der Waals surface area contributed by atoms with Gasteiger partial charge in [0.1, 0.15) is 5.82 Å². The van der Waals surface area contributed by atoms with Gasteiger partial charge in [-0.05, 0) is 25.0 Å². The standard InChI is InChI=1S/C16H24FN3O2/c1-11(2)16(22)19-13-5-8-20(9-6-15(13)21)10-14-12(17)4-3-7-18-14/h3-4,7,11,13,15,21H,5-6,8-10H2,1-2H3,(H,19,22)/t13-,15-/m0/s1. The van der Waals surface area contributed by atoms with Crippen molar-refractivity contribution in [2.24, 2.45) is 5.92 Å². The van der Waals surface area contributed by atoms with Crippen LogP contribution >= 0.6 is 0 Å². The third-order valence-electron chi connectivity index (χ3n) is 4.02. The largest absolute Gasteiger partial charge is 0.391 e. The monoisotopic (exact) mass is 309 g/mol. The van der Waals surface area contributed by atoms with Gasteiger partial charge in [0.2, 0.25) is 5.91 Å². The van der Waals surface area contributed by atoms with Crippen molar-refractivity contribution in [3.05, 3.63) is 29.8 Å². The summed E-state index contributed by atoms with van der Waals surface area (Å²) in [6.45, 7) is 5.43. The Balaban J connectivity index is 1.94. The molecule has 5 nitrogen and oxygen atoms in total. The molecule has 1 aromatic heterocycles. The molecular weight excluding hydrogens is 285 g/mol. The van der Waals surface area contributed by atoms with Gasteiger partial charge in [-0.2, -0.15) is 0 Å². The lowest BCUT2D eigenvalue weighted by Crippen LogP contribution is -2.44. The third kappa shape index (κ3) is 4.48. The quantitative estimate of drug-likeness (QED) is 0.880. The van der Waals surface area contributed by atoms with E-state index in [1.54, 1.807) is 12.3 Å². The summed E-state index contributed by atoms with van der Waals surface area (Å²) in [5.74, 6) is -0.459. The molecule has 122 valence electrons. The van der Waals surface area contributed by atoms with Gasteiger partial charge in [0.25, 0.3) is 0 Å². The maximum Gasteiger partial charge on any atom is 0.222 e. The van der Waals surface area contributed by atoms with E-state index in [0.717, 1.165) is 0 Å². The smallest absolute Gasteiger partial charge is 0.222 e. The third-order valence-corrected chi connectivity index (χ3v) is 4.02. The number of aromatic nitrogens is 1. The highest BCUT2D eigenvalue weighted by Crippen LogP contribution is 2.15. The van der Waals surface area contributed by atoms with E-state index in [4.69, 9.17) is 0 Å². The van der Waals surface area contributed by atoms with Crippen molar-refractivity contribution >= 4 is 5.91 Å². The fourth-order valence-electron chi connectivity index (χ4n) is 2.56. The molecule has 0 aromatic carbocycles. The predicted octanol–water partition coefficient (Wildman–Crippen LogP) is 1.32. The summed E-state index contributed by atoms with van der Waals surface area (Å²) < 4.78 is 13.7. The Morgan fingerprint density at radius 3 is 2.91 bits per heavy atom. The normalized spacial score (nSPS) is 23.3. The average molecular weight is 309 g/mol. The van der Waals surface area contributed by atoms with Crippen LogP contribution in [-0.4, -0.2) is 46.1 Å². The zero-order chi connectivity index (χ0) is 16.1. The number of amides is 1. The number of pyridine rings is 1. The van der Waals surface area contributed by atoms with Gasteiger partial charge in [0.05, 0.1) is 17.8 Å². The maximum atomic E-state index is 13.7. The maximum absolute atomic E-state index is 13.7. The van der Waals surface area contributed by atoms with E-state index < -0.39 is 6.10 Å². The number of hydrogen-bond acceptors (Lipinski definition) is 4. The molecule has 0 saturated carbocycles. The minimum atomic E-state index is -0.568. The lowest BCUT2D eigenvalue weighted by molar-refractivity contribution is -0.125. The molecule has 6 heteroatoms. The summed E-state index contributed by atoms with van der Waals surface area (Å²) in [5, 5.41) is 13.1. The summed E-state index contributed by atoms with van der Waals surface area (Å²) in [4.78, 5) is 17.9. The molecule has 0 unspecified atom stereocenters. The first-order valence-corrected chi connectivity index (χ1v) is 7.77. The number of nitrogens with zero attached hydrogens (tertiary/aromatic N) is 2. The first kappa shape index (κ1) is 16.8. The fraction of sp³-hybridized carbons (Fsp3) is 0.625. The molecule has 0 bridgehead atoms. The molecule has 2 heterocycles. The van der Waals surface area contributed by atoms with E-state index >= 15 is 0 Å². The van der Waals surface area contributed by atoms with E-state index in [1.807, 2.05) is 13.8 Å². The van der Waals surface area contributed by atoms with Crippen LogP contribution in [-0.2, 0) is 11.3 Å². The summed E-state index contributed by atoms with van der Waals surface area (Å²) in [6, 6.07) is 2.73. The van der Waals surface area contributed by atoms with Crippen LogP contribution in [0.2, 0.25) is 0 Å². The van der Waals surface area contributed by atoms with Gasteiger partial charge < -0.3 is 10.4 Å². The van der Waals surface area contributed by atoms with Crippen molar-refractivity contribution in [3.8, 4) is 0 Å². The predicted molar refractivity (Wildman–Crippen MR) is 81.5 cm³/mol. The molecule has 0 radical (unpaired) electrons. The van der Waals surface area contributed by atoms with E-state index in [2.05, 4.69) is 15.2 Å². The Labute approximate surface area is 130 Å². The van der Waals surface area contributed by atoms with E-state index in [1.165, 1.54) is 6.07 Å². The number of likely N-dealkylation sites (tertiary alicyclic amines) is 1. The van der Waals surface area contributed by atoms with Gasteiger partial charge in [0, 0.05) is 31.7 Å². The minimum Gasteiger partial charge on any atom is -0.391 e. The average Bonchev–Trinajstić information content (AvgIpc) is 2.65. The number of aliphatic hydroxyl groups is 1. The van der Waals surface area contributed by atoms with Crippen LogP contribution in [0.3, 0.4) is 0 Å². The Morgan fingerprint density at radius 2 is 2.23 bits per heavy atom. The zero-order valence-electron chi connectivity index (χ0n) is 13.1. The van der Waals surface area contributed by atoms with Gasteiger partial charge in [-0.1, -0.05) is 13.8 Å². The van der Waals surface area contributed by atoms with Crippen LogP contribution in [0.4, 0.5) is 4.39 Å². The van der Waals surface area contributed by atoms with Crippen molar-refractivity contribution in [2.45, 2.75) is 45.4 Å². The molecule has 1 amide bonds. The van der Waals surface area contributed by atoms with E-state index in [0.29, 0.717) is 38.2 Å². The molecular formula is C16H24FN3O2. The van der Waals surface area contributed by atoms with E-state index in [-0.39, 0.29) is 23.7 Å². The molecule has 0 aliphatic carbocycles. The Bertz CT molecular complexity index is 510. The van der Waals surface area contributed by atoms with Gasteiger partial charge in [-0.25, -0.2) is 4.39 Å². The second-order valence-electron chi connectivity index (χ2n) is 6.12. The molecule has 2 atom stereocenters. The zero-order valence-corrected chi connectivity index (χ0v) is 13.1. The number of aliphatic hydroxyl groups excluding tert-OH is 1. The molecule has 1 fully saturated rings. The SMILES string of the molecule is CC(C)C(=O)N[C@H]1CCN(Cc2ncccc2F)CC[C@@H]1O. The van der Waals surface area contributed by atoms with Crippen LogP contribution in [0, 0.1) is 11.7 Å². The lowest BCUT2D eigenvalue weighted by Gasteiger charge is -2.22. The summed E-state index contributed by atoms with van der Waals surface area (Å²) in [5.41, 5.74) is 0.418.